The van der Waals surface area contributed by atoms with Crippen LogP contribution in [0.4, 0.5) is 8.78 Å². The molecule has 0 atom stereocenters. The molecule has 1 nitrogen and oxygen atoms in total. The first-order valence-corrected chi connectivity index (χ1v) is 6.49. The molecule has 18 heavy (non-hydrogen) atoms. The standard InChI is InChI=1S/C14H12ClF2N/c15-10-7-12(8-3-1-2-4-8)18-14-9(10)5-6-11(16)13(14)17/h5-8H,1-4H2. The van der Waals surface area contributed by atoms with Crippen molar-refractivity contribution >= 4 is 22.5 Å². The molecular weight excluding hydrogens is 256 g/mol. The van der Waals surface area contributed by atoms with Crippen LogP contribution in [0.5, 0.6) is 0 Å². The quantitative estimate of drug-likeness (QED) is 0.721. The Morgan fingerprint density at radius 1 is 1.17 bits per heavy atom. The van der Waals surface area contributed by atoms with Gasteiger partial charge in [0.15, 0.2) is 11.6 Å². The minimum absolute atomic E-state index is 0.0457. The van der Waals surface area contributed by atoms with Crippen molar-refractivity contribution < 1.29 is 8.78 Å². The number of hydrogen-bond donors (Lipinski definition) is 0. The van der Waals surface area contributed by atoms with Gasteiger partial charge in [-0.1, -0.05) is 24.4 Å². The number of rotatable bonds is 1. The molecule has 1 aromatic heterocycles. The minimum atomic E-state index is -0.908. The van der Waals surface area contributed by atoms with Gasteiger partial charge < -0.3 is 0 Å². The lowest BCUT2D eigenvalue weighted by atomic mass is 10.0. The summed E-state index contributed by atoms with van der Waals surface area (Å²) in [6.07, 6.45) is 4.42. The summed E-state index contributed by atoms with van der Waals surface area (Å²) in [5.74, 6) is -1.46. The summed E-state index contributed by atoms with van der Waals surface area (Å²) in [7, 11) is 0. The molecule has 2 aromatic rings. The fourth-order valence-electron chi connectivity index (χ4n) is 2.64. The highest BCUT2D eigenvalue weighted by Gasteiger charge is 2.21. The van der Waals surface area contributed by atoms with Gasteiger partial charge in [0.25, 0.3) is 0 Å². The zero-order chi connectivity index (χ0) is 12.7. The van der Waals surface area contributed by atoms with Crippen molar-refractivity contribution in [1.29, 1.82) is 0 Å². The Kier molecular flexibility index (Phi) is 2.94. The maximum Gasteiger partial charge on any atom is 0.185 e. The van der Waals surface area contributed by atoms with Crippen LogP contribution in [0.3, 0.4) is 0 Å². The predicted octanol–water partition coefficient (Wildman–Crippen LogP) is 4.82. The molecule has 3 rings (SSSR count). The van der Waals surface area contributed by atoms with Crippen LogP contribution < -0.4 is 0 Å². The molecule has 1 aliphatic rings. The molecule has 0 spiro atoms. The lowest BCUT2D eigenvalue weighted by molar-refractivity contribution is 0.515. The number of fused-ring (bicyclic) bond motifs is 1. The van der Waals surface area contributed by atoms with Gasteiger partial charge in [-0.25, -0.2) is 13.8 Å². The van der Waals surface area contributed by atoms with Gasteiger partial charge >= 0.3 is 0 Å². The van der Waals surface area contributed by atoms with Crippen molar-refractivity contribution in [3.63, 3.8) is 0 Å². The molecule has 0 amide bonds. The van der Waals surface area contributed by atoms with E-state index in [-0.39, 0.29) is 5.52 Å². The second-order valence-corrected chi connectivity index (χ2v) is 5.18. The van der Waals surface area contributed by atoms with Crippen molar-refractivity contribution in [2.75, 3.05) is 0 Å². The second kappa shape index (κ2) is 4.47. The third-order valence-corrected chi connectivity index (χ3v) is 3.93. The molecule has 0 unspecified atom stereocenters. The monoisotopic (exact) mass is 267 g/mol. The largest absolute Gasteiger partial charge is 0.249 e. The Morgan fingerprint density at radius 2 is 1.89 bits per heavy atom. The molecule has 4 heteroatoms. The van der Waals surface area contributed by atoms with Crippen molar-refractivity contribution in [2.45, 2.75) is 31.6 Å². The lowest BCUT2D eigenvalue weighted by Gasteiger charge is -2.11. The van der Waals surface area contributed by atoms with Crippen molar-refractivity contribution in [3.05, 3.63) is 40.6 Å². The Bertz CT molecular complexity index is 606. The SMILES string of the molecule is Fc1ccc2c(Cl)cc(C3CCCC3)nc2c1F. The summed E-state index contributed by atoms with van der Waals surface area (Å²) in [4.78, 5) is 4.28. The lowest BCUT2D eigenvalue weighted by Crippen LogP contribution is -1.99. The summed E-state index contributed by atoms with van der Waals surface area (Å²) in [5.41, 5.74) is 0.832. The first-order chi connectivity index (χ1) is 8.66. The van der Waals surface area contributed by atoms with Crippen LogP contribution >= 0.6 is 11.6 Å². The highest BCUT2D eigenvalue weighted by Crippen LogP contribution is 2.36. The van der Waals surface area contributed by atoms with Gasteiger partial charge in [0.05, 0.1) is 5.02 Å². The summed E-state index contributed by atoms with van der Waals surface area (Å²) < 4.78 is 27.0. The van der Waals surface area contributed by atoms with Crippen LogP contribution in [0, 0.1) is 11.6 Å². The van der Waals surface area contributed by atoms with Gasteiger partial charge in [-0.05, 0) is 31.0 Å². The molecule has 1 heterocycles. The highest BCUT2D eigenvalue weighted by atomic mass is 35.5. The summed E-state index contributed by atoms with van der Waals surface area (Å²) in [6.45, 7) is 0. The Morgan fingerprint density at radius 3 is 2.61 bits per heavy atom. The van der Waals surface area contributed by atoms with E-state index in [1.807, 2.05) is 0 Å². The molecule has 0 radical (unpaired) electrons. The van der Waals surface area contributed by atoms with E-state index in [2.05, 4.69) is 4.98 Å². The molecule has 94 valence electrons. The predicted molar refractivity (Wildman–Crippen MR) is 67.9 cm³/mol. The van der Waals surface area contributed by atoms with Crippen LogP contribution in [0.2, 0.25) is 5.02 Å². The molecule has 1 fully saturated rings. The van der Waals surface area contributed by atoms with Crippen LogP contribution in [0.1, 0.15) is 37.3 Å². The number of aromatic nitrogens is 1. The second-order valence-electron chi connectivity index (χ2n) is 4.77. The van der Waals surface area contributed by atoms with Crippen molar-refractivity contribution in [1.82, 2.24) is 4.98 Å². The van der Waals surface area contributed by atoms with E-state index >= 15 is 0 Å². The summed E-state index contributed by atoms with van der Waals surface area (Å²) >= 11 is 6.14. The molecule has 0 bridgehead atoms. The molecule has 0 N–H and O–H groups in total. The molecular formula is C14H12ClF2N. The zero-order valence-electron chi connectivity index (χ0n) is 9.72. The Hall–Kier alpha value is -1.22. The molecule has 1 saturated carbocycles. The zero-order valence-corrected chi connectivity index (χ0v) is 10.5. The molecule has 0 aliphatic heterocycles. The van der Waals surface area contributed by atoms with Crippen LogP contribution in [0.15, 0.2) is 18.2 Å². The van der Waals surface area contributed by atoms with Gasteiger partial charge in [-0.15, -0.1) is 0 Å². The van der Waals surface area contributed by atoms with Gasteiger partial charge in [-0.3, -0.25) is 0 Å². The van der Waals surface area contributed by atoms with E-state index in [1.54, 1.807) is 6.07 Å². The van der Waals surface area contributed by atoms with E-state index < -0.39 is 11.6 Å². The topological polar surface area (TPSA) is 12.9 Å². The maximum atomic E-state index is 13.7. The van der Waals surface area contributed by atoms with Gasteiger partial charge in [-0.2, -0.15) is 0 Å². The van der Waals surface area contributed by atoms with Crippen molar-refractivity contribution in [2.24, 2.45) is 0 Å². The number of benzene rings is 1. The highest BCUT2D eigenvalue weighted by molar-refractivity contribution is 6.35. The van der Waals surface area contributed by atoms with Crippen LogP contribution in [0.25, 0.3) is 10.9 Å². The van der Waals surface area contributed by atoms with E-state index in [9.17, 15) is 8.78 Å². The van der Waals surface area contributed by atoms with Gasteiger partial charge in [0.2, 0.25) is 0 Å². The fourth-order valence-corrected chi connectivity index (χ4v) is 2.91. The van der Waals surface area contributed by atoms with E-state index in [0.717, 1.165) is 37.4 Å². The van der Waals surface area contributed by atoms with E-state index in [4.69, 9.17) is 11.6 Å². The normalized spacial score (nSPS) is 16.6. The van der Waals surface area contributed by atoms with Gasteiger partial charge in [0, 0.05) is 17.0 Å². The minimum Gasteiger partial charge on any atom is -0.249 e. The molecule has 1 aliphatic carbocycles. The third-order valence-electron chi connectivity index (χ3n) is 3.62. The number of hydrogen-bond acceptors (Lipinski definition) is 1. The van der Waals surface area contributed by atoms with Gasteiger partial charge in [0.1, 0.15) is 5.52 Å². The van der Waals surface area contributed by atoms with E-state index in [1.165, 1.54) is 6.07 Å². The fraction of sp³-hybridized carbons (Fsp3) is 0.357. The number of nitrogens with zero attached hydrogens (tertiary/aromatic N) is 1. The average Bonchev–Trinajstić information content (AvgIpc) is 2.88. The Balaban J connectivity index is 2.21. The maximum absolute atomic E-state index is 13.7. The number of pyridine rings is 1. The first kappa shape index (κ1) is 11.8. The summed E-state index contributed by atoms with van der Waals surface area (Å²) in [5, 5.41) is 0.915. The molecule has 1 aromatic carbocycles. The Labute approximate surface area is 109 Å². The third kappa shape index (κ3) is 1.87. The smallest absolute Gasteiger partial charge is 0.185 e. The molecule has 0 saturated heterocycles. The number of halogens is 3. The average molecular weight is 268 g/mol. The summed E-state index contributed by atoms with van der Waals surface area (Å²) in [6, 6.07) is 4.35. The van der Waals surface area contributed by atoms with E-state index in [0.29, 0.717) is 16.3 Å². The first-order valence-electron chi connectivity index (χ1n) is 6.11. The van der Waals surface area contributed by atoms with Crippen molar-refractivity contribution in [3.8, 4) is 0 Å². The van der Waals surface area contributed by atoms with Crippen LogP contribution in [-0.4, -0.2) is 4.98 Å². The van der Waals surface area contributed by atoms with Crippen LogP contribution in [-0.2, 0) is 0 Å².